The molecule has 1 aliphatic rings. The van der Waals surface area contributed by atoms with Gasteiger partial charge in [0.05, 0.1) is 12.0 Å². The van der Waals surface area contributed by atoms with Crippen molar-refractivity contribution in [2.24, 2.45) is 0 Å². The van der Waals surface area contributed by atoms with Gasteiger partial charge in [-0.05, 0) is 12.1 Å². The molecule has 26 heavy (non-hydrogen) atoms. The maximum Gasteiger partial charge on any atom is 0.283 e. The third kappa shape index (κ3) is 2.26. The van der Waals surface area contributed by atoms with Crippen LogP contribution in [0, 0.1) is 5.82 Å². The van der Waals surface area contributed by atoms with Crippen molar-refractivity contribution in [3.05, 3.63) is 70.1 Å². The van der Waals surface area contributed by atoms with Gasteiger partial charge in [-0.1, -0.05) is 12.1 Å². The maximum atomic E-state index is 14.1. The van der Waals surface area contributed by atoms with Crippen molar-refractivity contribution in [1.29, 1.82) is 0 Å². The number of halogens is 1. The molecule has 1 aromatic carbocycles. The van der Waals surface area contributed by atoms with Crippen LogP contribution in [-0.2, 0) is 6.42 Å². The van der Waals surface area contributed by atoms with Gasteiger partial charge in [0, 0.05) is 35.6 Å². The highest BCUT2D eigenvalue weighted by atomic mass is 32.1. The van der Waals surface area contributed by atoms with Gasteiger partial charge in [0.25, 0.3) is 5.91 Å². The van der Waals surface area contributed by atoms with Gasteiger partial charge >= 0.3 is 0 Å². The molecule has 4 aromatic rings. The summed E-state index contributed by atoms with van der Waals surface area (Å²) in [7, 11) is 0. The lowest BCUT2D eigenvalue weighted by molar-refractivity contribution is 0.0672. The molecule has 0 bridgehead atoms. The summed E-state index contributed by atoms with van der Waals surface area (Å²) >= 11 is 1.29. The van der Waals surface area contributed by atoms with Crippen LogP contribution in [-0.4, -0.2) is 32.3 Å². The number of aromatic amines is 1. The minimum absolute atomic E-state index is 0.181. The first-order valence-corrected chi connectivity index (χ1v) is 9.01. The Balaban J connectivity index is 1.66. The summed E-state index contributed by atoms with van der Waals surface area (Å²) in [5.41, 5.74) is 1.87. The predicted octanol–water partition coefficient (Wildman–Crippen LogP) is 3.54. The Morgan fingerprint density at radius 1 is 1.38 bits per heavy atom. The van der Waals surface area contributed by atoms with Crippen molar-refractivity contribution < 1.29 is 13.6 Å². The number of H-pyrrole nitrogens is 1. The summed E-state index contributed by atoms with van der Waals surface area (Å²) < 4.78 is 19.9. The maximum absolute atomic E-state index is 14.1. The SMILES string of the molecule is O=C(c1nccs1)N1CCc2[nH]cnc2[C@@H]1c1cc2cccc(F)c2o1. The minimum atomic E-state index is -0.520. The van der Waals surface area contributed by atoms with Gasteiger partial charge in [-0.15, -0.1) is 11.3 Å². The summed E-state index contributed by atoms with van der Waals surface area (Å²) in [5, 5.41) is 2.84. The number of fused-ring (bicyclic) bond motifs is 2. The first-order valence-electron chi connectivity index (χ1n) is 8.13. The second kappa shape index (κ2) is 5.77. The average Bonchev–Trinajstić information content (AvgIpc) is 3.39. The Morgan fingerprint density at radius 3 is 3.12 bits per heavy atom. The zero-order chi connectivity index (χ0) is 17.7. The lowest BCUT2D eigenvalue weighted by Crippen LogP contribution is -2.40. The van der Waals surface area contributed by atoms with Crippen LogP contribution in [0.3, 0.4) is 0 Å². The summed E-state index contributed by atoms with van der Waals surface area (Å²) in [6.45, 7) is 0.498. The van der Waals surface area contributed by atoms with Crippen molar-refractivity contribution in [2.75, 3.05) is 6.54 Å². The molecule has 0 saturated carbocycles. The van der Waals surface area contributed by atoms with Gasteiger partial charge in [-0.25, -0.2) is 14.4 Å². The largest absolute Gasteiger partial charge is 0.455 e. The molecular formula is C18H13FN4O2S. The Bertz CT molecular complexity index is 1100. The van der Waals surface area contributed by atoms with E-state index < -0.39 is 11.9 Å². The second-order valence-corrected chi connectivity index (χ2v) is 6.96. The van der Waals surface area contributed by atoms with Crippen LogP contribution < -0.4 is 0 Å². The van der Waals surface area contributed by atoms with Crippen LogP contribution >= 0.6 is 11.3 Å². The Morgan fingerprint density at radius 2 is 2.31 bits per heavy atom. The van der Waals surface area contributed by atoms with Crippen molar-refractivity contribution in [2.45, 2.75) is 12.5 Å². The number of thiazole rings is 1. The van der Waals surface area contributed by atoms with Gasteiger partial charge in [-0.3, -0.25) is 4.79 Å². The quantitative estimate of drug-likeness (QED) is 0.587. The highest BCUT2D eigenvalue weighted by molar-refractivity contribution is 7.11. The van der Waals surface area contributed by atoms with Crippen molar-refractivity contribution in [3.63, 3.8) is 0 Å². The van der Waals surface area contributed by atoms with E-state index in [1.165, 1.54) is 17.4 Å². The zero-order valence-electron chi connectivity index (χ0n) is 13.5. The smallest absolute Gasteiger partial charge is 0.283 e. The number of nitrogens with zero attached hydrogens (tertiary/aromatic N) is 3. The summed E-state index contributed by atoms with van der Waals surface area (Å²) in [5.74, 6) is -0.118. The molecule has 0 unspecified atom stereocenters. The third-order valence-electron chi connectivity index (χ3n) is 4.59. The van der Waals surface area contributed by atoms with E-state index in [1.807, 2.05) is 0 Å². The molecule has 1 aliphatic heterocycles. The predicted molar refractivity (Wildman–Crippen MR) is 93.5 cm³/mol. The molecular weight excluding hydrogens is 355 g/mol. The molecule has 3 aromatic heterocycles. The van der Waals surface area contributed by atoms with Crippen molar-refractivity contribution in [3.8, 4) is 0 Å². The van der Waals surface area contributed by atoms with Gasteiger partial charge < -0.3 is 14.3 Å². The minimum Gasteiger partial charge on any atom is -0.455 e. The number of hydrogen-bond donors (Lipinski definition) is 1. The normalized spacial score (nSPS) is 16.8. The van der Waals surface area contributed by atoms with Crippen LogP contribution in [0.15, 0.2) is 46.6 Å². The molecule has 6 nitrogen and oxygen atoms in total. The number of aromatic nitrogens is 3. The molecule has 1 atom stereocenters. The number of carbonyl (C=O) groups excluding carboxylic acids is 1. The van der Waals surface area contributed by atoms with Crippen molar-refractivity contribution in [1.82, 2.24) is 19.9 Å². The molecule has 130 valence electrons. The zero-order valence-corrected chi connectivity index (χ0v) is 14.3. The Labute approximate surface area is 151 Å². The van der Waals surface area contributed by atoms with Gasteiger partial charge in [-0.2, -0.15) is 0 Å². The number of amides is 1. The number of benzene rings is 1. The van der Waals surface area contributed by atoms with Crippen molar-refractivity contribution >= 4 is 28.2 Å². The van der Waals surface area contributed by atoms with E-state index in [0.717, 1.165) is 11.4 Å². The molecule has 0 radical (unpaired) electrons. The van der Waals surface area contributed by atoms with Crippen LogP contribution in [0.4, 0.5) is 4.39 Å². The van der Waals surface area contributed by atoms with Crippen LogP contribution in [0.2, 0.25) is 0 Å². The standard InChI is InChI=1S/C18H13FN4O2S/c19-11-3-1-2-10-8-13(25-16(10)11)15-14-12(21-9-22-14)4-6-23(15)18(24)17-20-5-7-26-17/h1-3,5,7-9,15H,4,6H2,(H,21,22)/t15-/m0/s1. The van der Waals surface area contributed by atoms with Gasteiger partial charge in [0.1, 0.15) is 11.8 Å². The lowest BCUT2D eigenvalue weighted by Gasteiger charge is -2.33. The molecule has 8 heteroatoms. The topological polar surface area (TPSA) is 75.0 Å². The summed E-state index contributed by atoms with van der Waals surface area (Å²) in [4.78, 5) is 26.3. The van der Waals surface area contributed by atoms with E-state index in [0.29, 0.717) is 29.1 Å². The molecule has 1 amide bonds. The highest BCUT2D eigenvalue weighted by Crippen LogP contribution is 2.37. The monoisotopic (exact) mass is 368 g/mol. The molecule has 0 fully saturated rings. The average molecular weight is 368 g/mol. The molecule has 4 heterocycles. The first kappa shape index (κ1) is 15.3. The lowest BCUT2D eigenvalue weighted by atomic mass is 10.00. The number of nitrogens with one attached hydrogen (secondary N) is 1. The van der Waals surface area contributed by atoms with E-state index in [1.54, 1.807) is 41.0 Å². The van der Waals surface area contributed by atoms with Crippen LogP contribution in [0.1, 0.15) is 33.0 Å². The second-order valence-electron chi connectivity index (χ2n) is 6.06. The number of carbonyl (C=O) groups is 1. The number of imidazole rings is 1. The number of rotatable bonds is 2. The fourth-order valence-electron chi connectivity index (χ4n) is 3.42. The summed E-state index contributed by atoms with van der Waals surface area (Å²) in [6, 6.07) is 6.03. The highest BCUT2D eigenvalue weighted by Gasteiger charge is 2.37. The number of hydrogen-bond acceptors (Lipinski definition) is 5. The van der Waals surface area contributed by atoms with E-state index in [9.17, 15) is 9.18 Å². The Kier molecular flexibility index (Phi) is 3.39. The van der Waals surface area contributed by atoms with E-state index in [4.69, 9.17) is 4.42 Å². The molecule has 0 spiro atoms. The van der Waals surface area contributed by atoms with Gasteiger partial charge in [0.2, 0.25) is 0 Å². The van der Waals surface area contributed by atoms with Crippen LogP contribution in [0.25, 0.3) is 11.0 Å². The Hall–Kier alpha value is -3.00. The van der Waals surface area contributed by atoms with Crippen LogP contribution in [0.5, 0.6) is 0 Å². The van der Waals surface area contributed by atoms with E-state index in [-0.39, 0.29) is 11.5 Å². The molecule has 0 aliphatic carbocycles. The molecule has 1 N–H and O–H groups in total. The third-order valence-corrected chi connectivity index (χ3v) is 5.35. The van der Waals surface area contributed by atoms with Gasteiger partial charge in [0.15, 0.2) is 16.4 Å². The van der Waals surface area contributed by atoms with E-state index in [2.05, 4.69) is 15.0 Å². The molecule has 5 rings (SSSR count). The number of para-hydroxylation sites is 1. The van der Waals surface area contributed by atoms with E-state index >= 15 is 0 Å². The fourth-order valence-corrected chi connectivity index (χ4v) is 4.01. The fraction of sp³-hybridized carbons (Fsp3) is 0.167. The first-order chi connectivity index (χ1) is 12.7. The molecule has 0 saturated heterocycles. The number of furan rings is 1. The summed E-state index contributed by atoms with van der Waals surface area (Å²) in [6.07, 6.45) is 3.88.